The van der Waals surface area contributed by atoms with Gasteiger partial charge in [0.15, 0.2) is 0 Å². The number of likely N-dealkylation sites (tertiary alicyclic amines) is 1. The quantitative estimate of drug-likeness (QED) is 0.668. The minimum atomic E-state index is -0.859. The van der Waals surface area contributed by atoms with E-state index in [2.05, 4.69) is 29.6 Å². The summed E-state index contributed by atoms with van der Waals surface area (Å²) in [5.74, 6) is -1.53. The van der Waals surface area contributed by atoms with Crippen LogP contribution in [0, 0.1) is 11.8 Å². The predicted octanol–water partition coefficient (Wildman–Crippen LogP) is 3.87. The van der Waals surface area contributed by atoms with Crippen LogP contribution in [0.2, 0.25) is 0 Å². The predicted molar refractivity (Wildman–Crippen MR) is 124 cm³/mol. The highest BCUT2D eigenvalue weighted by Crippen LogP contribution is 2.44. The lowest BCUT2D eigenvalue weighted by Gasteiger charge is -2.25. The number of ether oxygens (including phenoxy) is 1. The SMILES string of the molecule is CC(CNC(=O)OCC1c2ccccc2-c2ccccc21)CC(=O)N1CCC(C(=O)O)C1C. The van der Waals surface area contributed by atoms with Gasteiger partial charge in [0.05, 0.1) is 5.92 Å². The molecule has 1 aliphatic carbocycles. The first-order chi connectivity index (χ1) is 15.9. The van der Waals surface area contributed by atoms with E-state index in [0.29, 0.717) is 19.5 Å². The molecule has 0 radical (unpaired) electrons. The van der Waals surface area contributed by atoms with Crippen molar-refractivity contribution in [2.75, 3.05) is 19.7 Å². The van der Waals surface area contributed by atoms with Crippen LogP contribution in [0.1, 0.15) is 43.7 Å². The summed E-state index contributed by atoms with van der Waals surface area (Å²) in [6.45, 7) is 4.69. The zero-order chi connectivity index (χ0) is 23.5. The third kappa shape index (κ3) is 4.72. The second-order valence-corrected chi connectivity index (χ2v) is 9.08. The zero-order valence-electron chi connectivity index (χ0n) is 19.0. The van der Waals surface area contributed by atoms with Crippen molar-refractivity contribution in [3.8, 4) is 11.1 Å². The van der Waals surface area contributed by atoms with Gasteiger partial charge in [-0.15, -0.1) is 0 Å². The molecule has 1 saturated heterocycles. The average molecular weight is 451 g/mol. The number of benzene rings is 2. The van der Waals surface area contributed by atoms with Crippen molar-refractivity contribution in [1.29, 1.82) is 0 Å². The normalized spacial score (nSPS) is 20.1. The Morgan fingerprint density at radius 3 is 2.27 bits per heavy atom. The Morgan fingerprint density at radius 1 is 1.09 bits per heavy atom. The van der Waals surface area contributed by atoms with Crippen molar-refractivity contribution in [3.05, 3.63) is 59.7 Å². The smallest absolute Gasteiger partial charge is 0.407 e. The van der Waals surface area contributed by atoms with E-state index in [4.69, 9.17) is 4.74 Å². The number of alkyl carbamates (subject to hydrolysis) is 1. The second kappa shape index (κ2) is 9.65. The summed E-state index contributed by atoms with van der Waals surface area (Å²) in [4.78, 5) is 37.9. The van der Waals surface area contributed by atoms with Crippen molar-refractivity contribution in [3.63, 3.8) is 0 Å². The fourth-order valence-electron chi connectivity index (χ4n) is 5.02. The van der Waals surface area contributed by atoms with Crippen LogP contribution in [0.15, 0.2) is 48.5 Å². The number of fused-ring (bicyclic) bond motifs is 3. The Bertz CT molecular complexity index is 1010. The molecule has 3 atom stereocenters. The highest BCUT2D eigenvalue weighted by atomic mass is 16.5. The van der Waals surface area contributed by atoms with Gasteiger partial charge < -0.3 is 20.1 Å². The van der Waals surface area contributed by atoms with E-state index in [9.17, 15) is 19.5 Å². The molecule has 2 aromatic rings. The Morgan fingerprint density at radius 2 is 1.70 bits per heavy atom. The van der Waals surface area contributed by atoms with E-state index in [1.807, 2.05) is 31.2 Å². The molecule has 0 saturated carbocycles. The number of aliphatic carboxylic acids is 1. The molecule has 2 aliphatic rings. The first-order valence-electron chi connectivity index (χ1n) is 11.5. The van der Waals surface area contributed by atoms with Crippen LogP contribution < -0.4 is 5.32 Å². The van der Waals surface area contributed by atoms with Crippen molar-refractivity contribution in [1.82, 2.24) is 10.2 Å². The summed E-state index contributed by atoms with van der Waals surface area (Å²) in [6.07, 6.45) is 0.228. The van der Waals surface area contributed by atoms with Gasteiger partial charge >= 0.3 is 12.1 Å². The molecule has 1 aliphatic heterocycles. The maximum atomic E-state index is 12.6. The number of rotatable bonds is 7. The zero-order valence-corrected chi connectivity index (χ0v) is 19.0. The van der Waals surface area contributed by atoms with Gasteiger partial charge in [-0.05, 0) is 41.5 Å². The van der Waals surface area contributed by atoms with Crippen LogP contribution in [-0.2, 0) is 14.3 Å². The van der Waals surface area contributed by atoms with Gasteiger partial charge in [0, 0.05) is 31.5 Å². The minimum Gasteiger partial charge on any atom is -0.481 e. The van der Waals surface area contributed by atoms with Crippen molar-refractivity contribution in [2.24, 2.45) is 11.8 Å². The Hall–Kier alpha value is -3.35. The van der Waals surface area contributed by atoms with E-state index in [-0.39, 0.29) is 36.8 Å². The van der Waals surface area contributed by atoms with Crippen molar-refractivity contribution in [2.45, 2.75) is 38.6 Å². The van der Waals surface area contributed by atoms with Gasteiger partial charge in [0.1, 0.15) is 6.61 Å². The van der Waals surface area contributed by atoms with E-state index in [1.165, 1.54) is 11.1 Å². The number of hydrogen-bond acceptors (Lipinski definition) is 4. The van der Waals surface area contributed by atoms with Gasteiger partial charge in [-0.1, -0.05) is 55.5 Å². The minimum absolute atomic E-state index is 0.000913. The van der Waals surface area contributed by atoms with Gasteiger partial charge in [0.25, 0.3) is 0 Å². The van der Waals surface area contributed by atoms with Gasteiger partial charge in [-0.2, -0.15) is 0 Å². The molecule has 4 rings (SSSR count). The highest BCUT2D eigenvalue weighted by Gasteiger charge is 2.38. The fraction of sp³-hybridized carbons (Fsp3) is 0.423. The van der Waals surface area contributed by atoms with Gasteiger partial charge in [-0.3, -0.25) is 9.59 Å². The molecular formula is C26H30N2O5. The largest absolute Gasteiger partial charge is 0.481 e. The number of carboxylic acids is 1. The number of nitrogens with one attached hydrogen (secondary N) is 1. The second-order valence-electron chi connectivity index (χ2n) is 9.08. The summed E-state index contributed by atoms with van der Waals surface area (Å²) >= 11 is 0. The third-order valence-corrected chi connectivity index (χ3v) is 6.85. The van der Waals surface area contributed by atoms with Crippen LogP contribution in [0.3, 0.4) is 0 Å². The van der Waals surface area contributed by atoms with E-state index >= 15 is 0 Å². The van der Waals surface area contributed by atoms with Crippen LogP contribution in [0.25, 0.3) is 11.1 Å². The number of nitrogens with zero attached hydrogens (tertiary/aromatic N) is 1. The molecule has 0 spiro atoms. The molecule has 2 amide bonds. The van der Waals surface area contributed by atoms with Gasteiger partial charge in [0.2, 0.25) is 5.91 Å². The first-order valence-corrected chi connectivity index (χ1v) is 11.5. The lowest BCUT2D eigenvalue weighted by molar-refractivity contribution is -0.143. The van der Waals surface area contributed by atoms with Crippen molar-refractivity contribution < 1.29 is 24.2 Å². The molecule has 7 nitrogen and oxygen atoms in total. The number of carbonyl (C=O) groups excluding carboxylic acids is 2. The molecule has 174 valence electrons. The summed E-state index contributed by atoms with van der Waals surface area (Å²) in [7, 11) is 0. The fourth-order valence-corrected chi connectivity index (χ4v) is 5.02. The molecule has 3 unspecified atom stereocenters. The molecule has 2 N–H and O–H groups in total. The molecule has 1 fully saturated rings. The Labute approximate surface area is 193 Å². The topological polar surface area (TPSA) is 95.9 Å². The molecule has 2 aromatic carbocycles. The summed E-state index contributed by atoms with van der Waals surface area (Å²) < 4.78 is 5.54. The number of carbonyl (C=O) groups is 3. The Kier molecular flexibility index (Phi) is 6.67. The first kappa shape index (κ1) is 22.8. The molecular weight excluding hydrogens is 420 g/mol. The standard InChI is InChI=1S/C26H30N2O5/c1-16(13-24(29)28-12-11-18(17(28)2)25(30)31)14-27-26(32)33-15-23-21-9-5-3-7-19(21)20-8-4-6-10-22(20)23/h3-10,16-18,23H,11-15H2,1-2H3,(H,27,32)(H,30,31). The van der Waals surface area contributed by atoms with E-state index < -0.39 is 18.0 Å². The molecule has 33 heavy (non-hydrogen) atoms. The van der Waals surface area contributed by atoms with E-state index in [1.54, 1.807) is 11.8 Å². The number of carboxylic acid groups (broad SMARTS) is 1. The third-order valence-electron chi connectivity index (χ3n) is 6.85. The number of amides is 2. The average Bonchev–Trinajstić information content (AvgIpc) is 3.34. The van der Waals surface area contributed by atoms with Crippen molar-refractivity contribution >= 4 is 18.0 Å². The number of hydrogen-bond donors (Lipinski definition) is 2. The maximum Gasteiger partial charge on any atom is 0.407 e. The van der Waals surface area contributed by atoms with Crippen LogP contribution in [-0.4, -0.2) is 53.7 Å². The summed E-state index contributed by atoms with van der Waals surface area (Å²) in [5, 5.41) is 12.0. The lowest BCUT2D eigenvalue weighted by atomic mass is 9.98. The lowest BCUT2D eigenvalue weighted by Crippen LogP contribution is -2.39. The highest BCUT2D eigenvalue weighted by molar-refractivity contribution is 5.80. The molecule has 7 heteroatoms. The van der Waals surface area contributed by atoms with E-state index in [0.717, 1.165) is 11.1 Å². The molecule has 1 heterocycles. The van der Waals surface area contributed by atoms with Crippen LogP contribution in [0.4, 0.5) is 4.79 Å². The summed E-state index contributed by atoms with van der Waals surface area (Å²) in [6, 6.07) is 16.0. The Balaban J connectivity index is 1.26. The molecule has 0 bridgehead atoms. The molecule has 0 aromatic heterocycles. The summed E-state index contributed by atoms with van der Waals surface area (Å²) in [5.41, 5.74) is 4.67. The van der Waals surface area contributed by atoms with Gasteiger partial charge in [-0.25, -0.2) is 4.79 Å². The van der Waals surface area contributed by atoms with Crippen LogP contribution >= 0.6 is 0 Å². The maximum absolute atomic E-state index is 12.6. The monoisotopic (exact) mass is 450 g/mol. The van der Waals surface area contributed by atoms with Crippen LogP contribution in [0.5, 0.6) is 0 Å².